The minimum absolute atomic E-state index is 0.583. The first-order valence-corrected chi connectivity index (χ1v) is 17.2. The van der Waals surface area contributed by atoms with E-state index in [1.54, 1.807) is 0 Å². The van der Waals surface area contributed by atoms with Crippen molar-refractivity contribution < 1.29 is 0 Å². The second-order valence-electron chi connectivity index (χ2n) is 13.4. The van der Waals surface area contributed by atoms with Crippen molar-refractivity contribution in [3.05, 3.63) is 133 Å². The number of nitrogens with zero attached hydrogens (tertiary/aromatic N) is 6. The molecule has 0 atom stereocenters. The summed E-state index contributed by atoms with van der Waals surface area (Å²) in [6, 6.07) is 46.2. The summed E-state index contributed by atoms with van der Waals surface area (Å²) in [6.45, 7) is 0. The molecular weight excluding hydrogens is 641 g/mol. The fraction of sp³-hybridized carbons (Fsp3) is 0. The number of aromatic amines is 2. The summed E-state index contributed by atoms with van der Waals surface area (Å²) < 4.78 is 0. The predicted octanol–water partition coefficient (Wildman–Crippen LogP) is 10.3. The molecule has 2 aliphatic heterocycles. The third-order valence-corrected chi connectivity index (χ3v) is 10.3. The van der Waals surface area contributed by atoms with Crippen LogP contribution in [-0.2, 0) is 0 Å². The molecule has 12 rings (SSSR count). The molecule has 0 aliphatic carbocycles. The molecule has 10 aromatic rings. The van der Waals surface area contributed by atoms with E-state index < -0.39 is 0 Å². The largest absolute Gasteiger partial charge is 0.324 e. The van der Waals surface area contributed by atoms with Crippen molar-refractivity contribution in [3.63, 3.8) is 0 Å². The van der Waals surface area contributed by atoms with Gasteiger partial charge in [-0.1, -0.05) is 97.1 Å². The van der Waals surface area contributed by atoms with Crippen LogP contribution in [0.15, 0.2) is 133 Å². The Balaban J connectivity index is 1.30. The van der Waals surface area contributed by atoms with Gasteiger partial charge in [-0.05, 0) is 68.7 Å². The zero-order valence-corrected chi connectivity index (χ0v) is 27.4. The Kier molecular flexibility index (Phi) is 5.35. The molecule has 0 saturated carbocycles. The lowest BCUT2D eigenvalue weighted by Gasteiger charge is -2.03. The summed E-state index contributed by atoms with van der Waals surface area (Å²) in [4.78, 5) is 38.3. The fourth-order valence-corrected chi connectivity index (χ4v) is 7.80. The lowest BCUT2D eigenvalue weighted by molar-refractivity contribution is 1.19. The van der Waals surface area contributed by atoms with E-state index in [9.17, 15) is 0 Å². The summed E-state index contributed by atoms with van der Waals surface area (Å²) >= 11 is 0. The normalized spacial score (nSPS) is 12.2. The van der Waals surface area contributed by atoms with Gasteiger partial charge in [-0.25, -0.2) is 29.9 Å². The summed E-state index contributed by atoms with van der Waals surface area (Å²) in [5.41, 5.74) is 6.36. The van der Waals surface area contributed by atoms with Crippen LogP contribution in [0.2, 0.25) is 0 Å². The molecule has 2 N–H and O–H groups in total. The maximum absolute atomic E-state index is 5.27. The molecule has 3 aromatic heterocycles. The molecule has 7 aromatic carbocycles. The molecule has 52 heavy (non-hydrogen) atoms. The molecule has 2 aliphatic rings. The number of aromatic nitrogens is 8. The highest BCUT2D eigenvalue weighted by molar-refractivity contribution is 6.13. The topological polar surface area (TPSA) is 109 Å². The lowest BCUT2D eigenvalue weighted by Crippen LogP contribution is -1.84. The van der Waals surface area contributed by atoms with Crippen LogP contribution < -0.4 is 0 Å². The first kappa shape index (κ1) is 27.5. The molecule has 0 spiro atoms. The Hall–Kier alpha value is -7.32. The van der Waals surface area contributed by atoms with Gasteiger partial charge in [0.2, 0.25) is 0 Å². The Morgan fingerprint density at radius 2 is 0.538 bits per heavy atom. The van der Waals surface area contributed by atoms with Gasteiger partial charge < -0.3 is 9.97 Å². The van der Waals surface area contributed by atoms with Crippen molar-refractivity contribution in [2.75, 3.05) is 0 Å². The van der Waals surface area contributed by atoms with Crippen molar-refractivity contribution in [1.29, 1.82) is 0 Å². The smallest absolute Gasteiger partial charge is 0.164 e. The highest BCUT2D eigenvalue weighted by Gasteiger charge is 2.23. The second kappa shape index (κ2) is 10.1. The van der Waals surface area contributed by atoms with E-state index in [4.69, 9.17) is 29.9 Å². The summed E-state index contributed by atoms with van der Waals surface area (Å²) in [7, 11) is 0. The highest BCUT2D eigenvalue weighted by atomic mass is 15.1. The molecule has 0 saturated heterocycles. The van der Waals surface area contributed by atoms with Gasteiger partial charge in [-0.2, -0.15) is 0 Å². The second-order valence-corrected chi connectivity index (χ2v) is 13.4. The van der Waals surface area contributed by atoms with E-state index in [1.807, 2.05) is 24.3 Å². The molecule has 240 valence electrons. The molecule has 5 heterocycles. The van der Waals surface area contributed by atoms with E-state index in [2.05, 4.69) is 119 Å². The summed E-state index contributed by atoms with van der Waals surface area (Å²) in [5, 5.41) is 10.5. The van der Waals surface area contributed by atoms with Crippen molar-refractivity contribution in [1.82, 2.24) is 39.9 Å². The third-order valence-electron chi connectivity index (χ3n) is 10.3. The number of rotatable bonds is 0. The van der Waals surface area contributed by atoms with E-state index >= 15 is 0 Å². The highest BCUT2D eigenvalue weighted by Crippen LogP contribution is 2.39. The summed E-state index contributed by atoms with van der Waals surface area (Å²) in [5.74, 6) is 2.34. The minimum Gasteiger partial charge on any atom is -0.324 e. The van der Waals surface area contributed by atoms with Crippen molar-refractivity contribution in [2.24, 2.45) is 0 Å². The SMILES string of the molecule is c1ccc2c(c1)-c1nc-2nc2[nH]c(nc3nc(nc4[nH]c(n1)c1cc5ccccc5cc41)-c1cc4ccccc4cc1-3)c1cc3ccccc3cc21. The maximum atomic E-state index is 5.27. The van der Waals surface area contributed by atoms with E-state index in [0.29, 0.717) is 45.9 Å². The van der Waals surface area contributed by atoms with Crippen LogP contribution in [0.4, 0.5) is 0 Å². The lowest BCUT2D eigenvalue weighted by atomic mass is 10.0. The van der Waals surface area contributed by atoms with E-state index in [0.717, 1.165) is 76.1 Å². The Labute approximate surface area is 294 Å². The average molecular weight is 665 g/mol. The van der Waals surface area contributed by atoms with Gasteiger partial charge in [0.1, 0.15) is 22.6 Å². The molecule has 8 bridgehead atoms. The maximum Gasteiger partial charge on any atom is 0.164 e. The van der Waals surface area contributed by atoms with Gasteiger partial charge in [-0.15, -0.1) is 0 Å². The Bertz CT molecular complexity index is 3160. The number of H-pyrrole nitrogens is 2. The van der Waals surface area contributed by atoms with Crippen LogP contribution in [0.25, 0.3) is 122 Å². The van der Waals surface area contributed by atoms with Crippen molar-refractivity contribution >= 4 is 76.5 Å². The van der Waals surface area contributed by atoms with Crippen LogP contribution in [0.5, 0.6) is 0 Å². The van der Waals surface area contributed by atoms with Crippen LogP contribution in [0.3, 0.4) is 0 Å². The molecule has 8 nitrogen and oxygen atoms in total. The van der Waals surface area contributed by atoms with Gasteiger partial charge in [0, 0.05) is 43.8 Å². The van der Waals surface area contributed by atoms with E-state index in [1.165, 1.54) is 0 Å². The van der Waals surface area contributed by atoms with Crippen LogP contribution in [-0.4, -0.2) is 39.9 Å². The van der Waals surface area contributed by atoms with Crippen LogP contribution >= 0.6 is 0 Å². The zero-order valence-electron chi connectivity index (χ0n) is 27.4. The standard InChI is InChI=1S/C44H24N8/c1-3-11-25-19-33-31(17-23(25)9-1)39-46-37-29-15-7-8-16-30(29)38(45-37)47-40-32-18-24-10-2-4-12-26(24)20-34(32)42(49-40)51-44-36-22-28-14-6-5-13-27(28)21-35(36)43(52-44)50-41(33)48-39/h1-22H,(H2,45,46,47,48,49,50,51,52). The predicted molar refractivity (Wildman–Crippen MR) is 209 cm³/mol. The van der Waals surface area contributed by atoms with Gasteiger partial charge >= 0.3 is 0 Å². The first-order chi connectivity index (χ1) is 25.7. The molecule has 0 amide bonds. The molecule has 0 radical (unpaired) electrons. The number of nitrogens with one attached hydrogen (secondary N) is 2. The van der Waals surface area contributed by atoms with Crippen molar-refractivity contribution in [3.8, 4) is 45.6 Å². The quantitative estimate of drug-likeness (QED) is 0.167. The number of hydrogen-bond donors (Lipinski definition) is 2. The Morgan fingerprint density at radius 3 is 0.865 bits per heavy atom. The molecule has 8 heteroatoms. The molecule has 0 unspecified atom stereocenters. The molecule has 0 fully saturated rings. The number of fused-ring (bicyclic) bond motifs is 23. The third kappa shape index (κ3) is 3.97. The average Bonchev–Trinajstić information content (AvgIpc) is 3.90. The zero-order chi connectivity index (χ0) is 33.9. The van der Waals surface area contributed by atoms with Crippen LogP contribution in [0, 0.1) is 0 Å². The number of hydrogen-bond acceptors (Lipinski definition) is 6. The Morgan fingerprint density at radius 1 is 0.269 bits per heavy atom. The first-order valence-electron chi connectivity index (χ1n) is 17.2. The summed E-state index contributed by atoms with van der Waals surface area (Å²) in [6.07, 6.45) is 0. The van der Waals surface area contributed by atoms with Crippen molar-refractivity contribution in [2.45, 2.75) is 0 Å². The van der Waals surface area contributed by atoms with Gasteiger partial charge in [-0.3, -0.25) is 0 Å². The van der Waals surface area contributed by atoms with Crippen LogP contribution in [0.1, 0.15) is 0 Å². The van der Waals surface area contributed by atoms with Gasteiger partial charge in [0.15, 0.2) is 23.3 Å². The monoisotopic (exact) mass is 664 g/mol. The van der Waals surface area contributed by atoms with Gasteiger partial charge in [0.05, 0.1) is 0 Å². The fourth-order valence-electron chi connectivity index (χ4n) is 7.80. The molecular formula is C44H24N8. The van der Waals surface area contributed by atoms with Gasteiger partial charge in [0.25, 0.3) is 0 Å². The minimum atomic E-state index is 0.583. The van der Waals surface area contributed by atoms with E-state index in [-0.39, 0.29) is 0 Å². The number of benzene rings is 7.